The summed E-state index contributed by atoms with van der Waals surface area (Å²) in [6, 6.07) is 7.52. The van der Waals surface area contributed by atoms with Crippen molar-refractivity contribution in [3.63, 3.8) is 0 Å². The van der Waals surface area contributed by atoms with Gasteiger partial charge in [0, 0.05) is 0 Å². The zero-order valence-corrected chi connectivity index (χ0v) is 12.2. The molecule has 6 heteroatoms. The van der Waals surface area contributed by atoms with Gasteiger partial charge in [-0.2, -0.15) is 5.10 Å². The SMILES string of the molecule is COc1ccc(C=N/N=C(/N)SC)cc1.I. The van der Waals surface area contributed by atoms with Crippen LogP contribution in [0.25, 0.3) is 0 Å². The van der Waals surface area contributed by atoms with E-state index in [9.17, 15) is 0 Å². The van der Waals surface area contributed by atoms with Crippen molar-refractivity contribution in [2.24, 2.45) is 15.9 Å². The molecule has 0 saturated carbocycles. The van der Waals surface area contributed by atoms with Crippen molar-refractivity contribution < 1.29 is 4.74 Å². The Bertz CT molecular complexity index is 365. The maximum absolute atomic E-state index is 5.46. The molecule has 4 nitrogen and oxygen atoms in total. The smallest absolute Gasteiger partial charge is 0.180 e. The number of rotatable bonds is 3. The molecule has 0 radical (unpaired) electrons. The van der Waals surface area contributed by atoms with Gasteiger partial charge in [0.25, 0.3) is 0 Å². The molecular weight excluding hydrogens is 337 g/mol. The van der Waals surface area contributed by atoms with Gasteiger partial charge in [0.05, 0.1) is 13.3 Å². The summed E-state index contributed by atoms with van der Waals surface area (Å²) in [7, 11) is 1.63. The highest BCUT2D eigenvalue weighted by atomic mass is 127. The van der Waals surface area contributed by atoms with E-state index in [2.05, 4.69) is 10.2 Å². The van der Waals surface area contributed by atoms with E-state index >= 15 is 0 Å². The van der Waals surface area contributed by atoms with Crippen LogP contribution in [0.4, 0.5) is 0 Å². The lowest BCUT2D eigenvalue weighted by Gasteiger charge is -1.97. The molecule has 0 atom stereocenters. The quantitative estimate of drug-likeness (QED) is 0.394. The Kier molecular flexibility index (Phi) is 8.00. The molecule has 0 aromatic heterocycles. The molecule has 0 bridgehead atoms. The van der Waals surface area contributed by atoms with Gasteiger partial charge in [-0.05, 0) is 36.1 Å². The van der Waals surface area contributed by atoms with E-state index in [1.807, 2.05) is 30.5 Å². The summed E-state index contributed by atoms with van der Waals surface area (Å²) in [5.74, 6) is 0.819. The molecule has 1 rings (SSSR count). The molecule has 0 spiro atoms. The highest BCUT2D eigenvalue weighted by Crippen LogP contribution is 2.09. The van der Waals surface area contributed by atoms with Crippen molar-refractivity contribution in [1.82, 2.24) is 0 Å². The van der Waals surface area contributed by atoms with Crippen molar-refractivity contribution in [3.05, 3.63) is 29.8 Å². The fourth-order valence-corrected chi connectivity index (χ4v) is 1.01. The van der Waals surface area contributed by atoms with Gasteiger partial charge in [0.2, 0.25) is 0 Å². The number of amidine groups is 1. The molecule has 0 fully saturated rings. The number of hydrogen-bond acceptors (Lipinski definition) is 4. The van der Waals surface area contributed by atoms with Gasteiger partial charge in [0.1, 0.15) is 5.75 Å². The molecule has 88 valence electrons. The number of benzene rings is 1. The number of hydrogen-bond donors (Lipinski definition) is 1. The van der Waals surface area contributed by atoms with Crippen molar-refractivity contribution >= 4 is 47.1 Å². The first-order valence-corrected chi connectivity index (χ1v) is 5.53. The van der Waals surface area contributed by atoms with Crippen molar-refractivity contribution in [3.8, 4) is 5.75 Å². The van der Waals surface area contributed by atoms with Gasteiger partial charge in [-0.1, -0.05) is 11.8 Å². The molecular formula is C10H14IN3OS. The second kappa shape index (κ2) is 8.40. The van der Waals surface area contributed by atoms with Gasteiger partial charge >= 0.3 is 0 Å². The number of ether oxygens (including phenoxy) is 1. The van der Waals surface area contributed by atoms with Crippen LogP contribution in [-0.4, -0.2) is 24.7 Å². The van der Waals surface area contributed by atoms with Gasteiger partial charge in [0.15, 0.2) is 5.17 Å². The minimum atomic E-state index is 0. The van der Waals surface area contributed by atoms with Gasteiger partial charge in [-0.15, -0.1) is 29.1 Å². The van der Waals surface area contributed by atoms with E-state index in [1.54, 1.807) is 13.3 Å². The molecule has 0 heterocycles. The third-order valence-corrected chi connectivity index (χ3v) is 2.19. The molecule has 0 amide bonds. The van der Waals surface area contributed by atoms with Crippen LogP contribution >= 0.6 is 35.7 Å². The number of halogens is 1. The summed E-state index contributed by atoms with van der Waals surface area (Å²) in [6.07, 6.45) is 3.49. The monoisotopic (exact) mass is 351 g/mol. The molecule has 1 aromatic rings. The van der Waals surface area contributed by atoms with E-state index in [0.717, 1.165) is 11.3 Å². The standard InChI is InChI=1S/C10H13N3OS.HI/c1-14-9-5-3-8(4-6-9)7-12-13-10(11)15-2;/h3-7H,1-2H3,(H2,11,13);1H. The number of nitrogens with zero attached hydrogens (tertiary/aromatic N) is 2. The first-order valence-electron chi connectivity index (χ1n) is 4.31. The molecule has 16 heavy (non-hydrogen) atoms. The fraction of sp³-hybridized carbons (Fsp3) is 0.200. The summed E-state index contributed by atoms with van der Waals surface area (Å²) < 4.78 is 5.03. The summed E-state index contributed by atoms with van der Waals surface area (Å²) in [5.41, 5.74) is 6.41. The Morgan fingerprint density at radius 2 is 2.00 bits per heavy atom. The molecule has 0 aliphatic rings. The lowest BCUT2D eigenvalue weighted by atomic mass is 10.2. The number of nitrogens with two attached hydrogens (primary N) is 1. The third-order valence-electron chi connectivity index (χ3n) is 1.69. The van der Waals surface area contributed by atoms with E-state index in [0.29, 0.717) is 5.17 Å². The van der Waals surface area contributed by atoms with Crippen LogP contribution in [0.5, 0.6) is 5.75 Å². The Hall–Kier alpha value is -0.760. The Morgan fingerprint density at radius 1 is 1.38 bits per heavy atom. The number of methoxy groups -OCH3 is 1. The number of thioether (sulfide) groups is 1. The first-order chi connectivity index (χ1) is 7.26. The van der Waals surface area contributed by atoms with Crippen LogP contribution < -0.4 is 10.5 Å². The van der Waals surface area contributed by atoms with Crippen LogP contribution in [0.15, 0.2) is 34.5 Å². The summed E-state index contributed by atoms with van der Waals surface area (Å²) in [5, 5.41) is 8.06. The van der Waals surface area contributed by atoms with Crippen molar-refractivity contribution in [1.29, 1.82) is 0 Å². The third kappa shape index (κ3) is 5.36. The predicted octanol–water partition coefficient (Wildman–Crippen LogP) is 2.32. The van der Waals surface area contributed by atoms with Crippen LogP contribution in [0.3, 0.4) is 0 Å². The lowest BCUT2D eigenvalue weighted by Crippen LogP contribution is -2.03. The van der Waals surface area contributed by atoms with E-state index < -0.39 is 0 Å². The topological polar surface area (TPSA) is 60.0 Å². The predicted molar refractivity (Wildman–Crippen MR) is 81.1 cm³/mol. The molecule has 0 unspecified atom stereocenters. The normalized spacial score (nSPS) is 11.2. The zero-order chi connectivity index (χ0) is 11.1. The largest absolute Gasteiger partial charge is 0.497 e. The summed E-state index contributed by atoms with van der Waals surface area (Å²) >= 11 is 1.36. The van der Waals surface area contributed by atoms with Crippen LogP contribution in [-0.2, 0) is 0 Å². The van der Waals surface area contributed by atoms with Crippen LogP contribution in [0.1, 0.15) is 5.56 Å². The molecule has 0 aliphatic carbocycles. The highest BCUT2D eigenvalue weighted by molar-refractivity contribution is 14.0. The molecule has 2 N–H and O–H groups in total. The zero-order valence-electron chi connectivity index (χ0n) is 9.08. The molecule has 1 aromatic carbocycles. The van der Waals surface area contributed by atoms with Gasteiger partial charge in [-0.25, -0.2) is 0 Å². The van der Waals surface area contributed by atoms with E-state index in [4.69, 9.17) is 10.5 Å². The van der Waals surface area contributed by atoms with Crippen molar-refractivity contribution in [2.75, 3.05) is 13.4 Å². The fourth-order valence-electron chi connectivity index (χ4n) is 0.883. The second-order valence-electron chi connectivity index (χ2n) is 2.66. The lowest BCUT2D eigenvalue weighted by molar-refractivity contribution is 0.415. The van der Waals surface area contributed by atoms with Crippen molar-refractivity contribution in [2.45, 2.75) is 0 Å². The Balaban J connectivity index is 0.00000225. The second-order valence-corrected chi connectivity index (χ2v) is 3.49. The summed E-state index contributed by atoms with van der Waals surface area (Å²) in [6.45, 7) is 0. The highest BCUT2D eigenvalue weighted by Gasteiger charge is 1.90. The minimum absolute atomic E-state index is 0. The van der Waals surface area contributed by atoms with Crippen LogP contribution in [0.2, 0.25) is 0 Å². The van der Waals surface area contributed by atoms with E-state index in [-0.39, 0.29) is 24.0 Å². The molecule has 0 saturated heterocycles. The van der Waals surface area contributed by atoms with Crippen LogP contribution in [0, 0.1) is 0 Å². The van der Waals surface area contributed by atoms with Gasteiger partial charge < -0.3 is 10.5 Å². The van der Waals surface area contributed by atoms with E-state index in [1.165, 1.54) is 11.8 Å². The maximum atomic E-state index is 5.46. The average molecular weight is 351 g/mol. The maximum Gasteiger partial charge on any atom is 0.180 e. The Labute approximate surface area is 116 Å². The first kappa shape index (κ1) is 15.2. The average Bonchev–Trinajstić information content (AvgIpc) is 2.29. The minimum Gasteiger partial charge on any atom is -0.497 e. The Morgan fingerprint density at radius 3 is 2.50 bits per heavy atom. The molecule has 0 aliphatic heterocycles. The summed E-state index contributed by atoms with van der Waals surface area (Å²) in [4.78, 5) is 0. The van der Waals surface area contributed by atoms with Gasteiger partial charge in [-0.3, -0.25) is 0 Å².